The van der Waals surface area contributed by atoms with Gasteiger partial charge < -0.3 is 5.32 Å². The average Bonchev–Trinajstić information content (AvgIpc) is 2.56. The van der Waals surface area contributed by atoms with E-state index in [9.17, 15) is 0 Å². The highest BCUT2D eigenvalue weighted by molar-refractivity contribution is 7.99. The minimum Gasteiger partial charge on any atom is -0.301 e. The minimum atomic E-state index is 0.470. The van der Waals surface area contributed by atoms with Crippen LogP contribution in [0.2, 0.25) is 5.02 Å². The molecule has 0 saturated carbocycles. The SMILES string of the molecule is Cc1cc(Cl)ccc1C1NCCS1. The molecular formula is C10H12ClNS. The molecule has 0 radical (unpaired) electrons. The molecule has 1 saturated heterocycles. The molecule has 2 rings (SSSR count). The van der Waals surface area contributed by atoms with Crippen LogP contribution >= 0.6 is 23.4 Å². The first kappa shape index (κ1) is 9.38. The van der Waals surface area contributed by atoms with Crippen molar-refractivity contribution in [1.82, 2.24) is 5.32 Å². The van der Waals surface area contributed by atoms with E-state index in [1.807, 2.05) is 23.9 Å². The summed E-state index contributed by atoms with van der Waals surface area (Å²) in [6, 6.07) is 6.11. The number of benzene rings is 1. The van der Waals surface area contributed by atoms with Crippen molar-refractivity contribution in [3.63, 3.8) is 0 Å². The Kier molecular flexibility index (Phi) is 2.82. The zero-order valence-corrected chi connectivity index (χ0v) is 9.08. The van der Waals surface area contributed by atoms with Crippen molar-refractivity contribution in [1.29, 1.82) is 0 Å². The summed E-state index contributed by atoms with van der Waals surface area (Å²) in [5, 5.41) is 4.75. The van der Waals surface area contributed by atoms with E-state index in [4.69, 9.17) is 11.6 Å². The smallest absolute Gasteiger partial charge is 0.0792 e. The largest absolute Gasteiger partial charge is 0.301 e. The molecule has 0 aliphatic carbocycles. The quantitative estimate of drug-likeness (QED) is 0.770. The van der Waals surface area contributed by atoms with E-state index < -0.39 is 0 Å². The standard InChI is InChI=1S/C10H12ClNS/c1-7-6-8(11)2-3-9(7)10-12-4-5-13-10/h2-3,6,10,12H,4-5H2,1H3. The second-order valence-corrected chi connectivity index (χ2v) is 4.86. The van der Waals surface area contributed by atoms with Gasteiger partial charge >= 0.3 is 0 Å². The van der Waals surface area contributed by atoms with Crippen molar-refractivity contribution in [2.24, 2.45) is 0 Å². The Morgan fingerprint density at radius 1 is 1.54 bits per heavy atom. The molecule has 0 spiro atoms. The van der Waals surface area contributed by atoms with Crippen LogP contribution in [0, 0.1) is 6.92 Å². The van der Waals surface area contributed by atoms with E-state index in [0.717, 1.165) is 11.6 Å². The molecule has 1 atom stereocenters. The van der Waals surface area contributed by atoms with Gasteiger partial charge in [0.1, 0.15) is 0 Å². The Morgan fingerprint density at radius 3 is 3.00 bits per heavy atom. The van der Waals surface area contributed by atoms with Gasteiger partial charge in [0.2, 0.25) is 0 Å². The van der Waals surface area contributed by atoms with Crippen LogP contribution in [0.25, 0.3) is 0 Å². The molecule has 70 valence electrons. The van der Waals surface area contributed by atoms with Crippen LogP contribution in [-0.4, -0.2) is 12.3 Å². The summed E-state index contributed by atoms with van der Waals surface area (Å²) >= 11 is 7.86. The average molecular weight is 214 g/mol. The molecule has 1 heterocycles. The van der Waals surface area contributed by atoms with Gasteiger partial charge in [-0.15, -0.1) is 11.8 Å². The van der Waals surface area contributed by atoms with Crippen molar-refractivity contribution in [3.05, 3.63) is 34.3 Å². The fourth-order valence-corrected chi connectivity index (χ4v) is 2.94. The van der Waals surface area contributed by atoms with Crippen LogP contribution in [0.4, 0.5) is 0 Å². The highest BCUT2D eigenvalue weighted by atomic mass is 35.5. The van der Waals surface area contributed by atoms with Crippen LogP contribution < -0.4 is 5.32 Å². The van der Waals surface area contributed by atoms with Crippen LogP contribution in [0.5, 0.6) is 0 Å². The molecule has 1 aliphatic heterocycles. The maximum absolute atomic E-state index is 5.90. The summed E-state index contributed by atoms with van der Waals surface area (Å²) in [5.41, 5.74) is 2.64. The molecule has 1 nitrogen and oxygen atoms in total. The third kappa shape index (κ3) is 2.01. The third-order valence-electron chi connectivity index (χ3n) is 2.23. The number of nitrogens with one attached hydrogen (secondary N) is 1. The predicted octanol–water partition coefficient (Wildman–Crippen LogP) is 2.98. The Hall–Kier alpha value is -0.180. The maximum atomic E-state index is 5.90. The van der Waals surface area contributed by atoms with E-state index >= 15 is 0 Å². The van der Waals surface area contributed by atoms with Gasteiger partial charge in [0.05, 0.1) is 5.37 Å². The predicted molar refractivity (Wildman–Crippen MR) is 59.4 cm³/mol. The van der Waals surface area contributed by atoms with E-state index in [1.54, 1.807) is 0 Å². The van der Waals surface area contributed by atoms with Gasteiger partial charge in [0, 0.05) is 17.3 Å². The lowest BCUT2D eigenvalue weighted by Gasteiger charge is -2.12. The van der Waals surface area contributed by atoms with Gasteiger partial charge in [-0.1, -0.05) is 17.7 Å². The van der Waals surface area contributed by atoms with E-state index in [1.165, 1.54) is 16.9 Å². The summed E-state index contributed by atoms with van der Waals surface area (Å²) in [6.07, 6.45) is 0. The van der Waals surface area contributed by atoms with Gasteiger partial charge in [0.25, 0.3) is 0 Å². The lowest BCUT2D eigenvalue weighted by molar-refractivity contribution is 0.747. The fourth-order valence-electron chi connectivity index (χ4n) is 1.56. The van der Waals surface area contributed by atoms with Gasteiger partial charge in [-0.3, -0.25) is 0 Å². The molecule has 3 heteroatoms. The Labute approximate surface area is 87.9 Å². The van der Waals surface area contributed by atoms with Gasteiger partial charge in [-0.2, -0.15) is 0 Å². The molecule has 1 unspecified atom stereocenters. The maximum Gasteiger partial charge on any atom is 0.0792 e. The lowest BCUT2D eigenvalue weighted by Crippen LogP contribution is -2.12. The van der Waals surface area contributed by atoms with Crippen molar-refractivity contribution in [2.45, 2.75) is 12.3 Å². The fraction of sp³-hybridized carbons (Fsp3) is 0.400. The second kappa shape index (κ2) is 3.91. The first-order valence-electron chi connectivity index (χ1n) is 4.38. The van der Waals surface area contributed by atoms with Crippen molar-refractivity contribution >= 4 is 23.4 Å². The summed E-state index contributed by atoms with van der Waals surface area (Å²) in [5.74, 6) is 1.20. The van der Waals surface area contributed by atoms with Gasteiger partial charge in [0.15, 0.2) is 0 Å². The third-order valence-corrected chi connectivity index (χ3v) is 3.66. The first-order valence-corrected chi connectivity index (χ1v) is 5.81. The molecule has 1 aliphatic rings. The van der Waals surface area contributed by atoms with Crippen molar-refractivity contribution in [2.75, 3.05) is 12.3 Å². The van der Waals surface area contributed by atoms with Crippen LogP contribution in [0.1, 0.15) is 16.5 Å². The monoisotopic (exact) mass is 213 g/mol. The minimum absolute atomic E-state index is 0.470. The topological polar surface area (TPSA) is 12.0 Å². The number of aryl methyl sites for hydroxylation is 1. The molecule has 1 fully saturated rings. The molecule has 1 N–H and O–H groups in total. The van der Waals surface area contributed by atoms with Crippen LogP contribution in [0.15, 0.2) is 18.2 Å². The summed E-state index contributed by atoms with van der Waals surface area (Å²) in [7, 11) is 0. The number of hydrogen-bond acceptors (Lipinski definition) is 2. The number of thioether (sulfide) groups is 1. The molecule has 1 aromatic carbocycles. The number of hydrogen-bond donors (Lipinski definition) is 1. The van der Waals surface area contributed by atoms with Crippen LogP contribution in [-0.2, 0) is 0 Å². The molecule has 0 aromatic heterocycles. The molecule has 1 aromatic rings. The number of halogens is 1. The molecule has 0 amide bonds. The lowest BCUT2D eigenvalue weighted by atomic mass is 10.1. The van der Waals surface area contributed by atoms with Crippen molar-refractivity contribution in [3.8, 4) is 0 Å². The van der Waals surface area contributed by atoms with Gasteiger partial charge in [-0.05, 0) is 30.2 Å². The van der Waals surface area contributed by atoms with Crippen LogP contribution in [0.3, 0.4) is 0 Å². The van der Waals surface area contributed by atoms with Gasteiger partial charge in [-0.25, -0.2) is 0 Å². The van der Waals surface area contributed by atoms with E-state index in [0.29, 0.717) is 5.37 Å². The first-order chi connectivity index (χ1) is 6.27. The highest BCUT2D eigenvalue weighted by Gasteiger charge is 2.17. The molecule has 0 bridgehead atoms. The summed E-state index contributed by atoms with van der Waals surface area (Å²) in [4.78, 5) is 0. The molecule has 13 heavy (non-hydrogen) atoms. The Bertz CT molecular complexity index is 308. The Morgan fingerprint density at radius 2 is 2.38 bits per heavy atom. The number of rotatable bonds is 1. The molecular weight excluding hydrogens is 202 g/mol. The van der Waals surface area contributed by atoms with Crippen molar-refractivity contribution < 1.29 is 0 Å². The zero-order chi connectivity index (χ0) is 9.26. The normalized spacial score (nSPS) is 22.2. The van der Waals surface area contributed by atoms with E-state index in [-0.39, 0.29) is 0 Å². The highest BCUT2D eigenvalue weighted by Crippen LogP contribution is 2.32. The summed E-state index contributed by atoms with van der Waals surface area (Å²) < 4.78 is 0. The summed E-state index contributed by atoms with van der Waals surface area (Å²) in [6.45, 7) is 3.22. The Balaban J connectivity index is 2.29. The second-order valence-electron chi connectivity index (χ2n) is 3.21. The zero-order valence-electron chi connectivity index (χ0n) is 7.51. The van der Waals surface area contributed by atoms with E-state index in [2.05, 4.69) is 18.3 Å².